The van der Waals surface area contributed by atoms with E-state index in [9.17, 15) is 8.78 Å². The van der Waals surface area contributed by atoms with Crippen LogP contribution in [0.1, 0.15) is 31.7 Å². The number of piperazine rings is 1. The van der Waals surface area contributed by atoms with Gasteiger partial charge in [0.15, 0.2) is 5.82 Å². The van der Waals surface area contributed by atoms with E-state index in [1.165, 1.54) is 6.07 Å². The van der Waals surface area contributed by atoms with Gasteiger partial charge in [-0.1, -0.05) is 31.2 Å². The Morgan fingerprint density at radius 2 is 2.02 bits per heavy atom. The fraction of sp³-hybridized carbons (Fsp3) is 0.485. The van der Waals surface area contributed by atoms with Gasteiger partial charge in [-0.25, -0.2) is 13.2 Å². The van der Waals surface area contributed by atoms with E-state index < -0.39 is 17.5 Å². The van der Waals surface area contributed by atoms with Crippen LogP contribution in [0.2, 0.25) is 0 Å². The first-order valence-corrected chi connectivity index (χ1v) is 15.6. The first-order valence-electron chi connectivity index (χ1n) is 15.6. The van der Waals surface area contributed by atoms with Crippen molar-refractivity contribution in [1.29, 1.82) is 0 Å². The van der Waals surface area contributed by atoms with Crippen LogP contribution in [-0.2, 0) is 11.2 Å². The molecular weight excluding hydrogens is 569 g/mol. The monoisotopic (exact) mass is 604 g/mol. The molecule has 2 atom stereocenters. The molecule has 0 aliphatic carbocycles. The van der Waals surface area contributed by atoms with Gasteiger partial charge in [0.25, 0.3) is 0 Å². The number of aryl methyl sites for hydroxylation is 1. The summed E-state index contributed by atoms with van der Waals surface area (Å²) in [5, 5.41) is 5.49. The maximum Gasteiger partial charge on any atom is 0.319 e. The van der Waals surface area contributed by atoms with Gasteiger partial charge in [-0.05, 0) is 48.2 Å². The van der Waals surface area contributed by atoms with Crippen molar-refractivity contribution in [2.24, 2.45) is 0 Å². The highest BCUT2D eigenvalue weighted by Gasteiger charge is 2.49. The zero-order valence-electron chi connectivity index (χ0n) is 24.7. The number of anilines is 1. The molecule has 0 unspecified atom stereocenters. The van der Waals surface area contributed by atoms with Crippen LogP contribution in [0.4, 0.5) is 19.0 Å². The van der Waals surface area contributed by atoms with Crippen molar-refractivity contribution in [3.05, 3.63) is 53.7 Å². The third kappa shape index (κ3) is 4.42. The highest BCUT2D eigenvalue weighted by Crippen LogP contribution is 2.41. The highest BCUT2D eigenvalue weighted by atomic mass is 19.1. The molecule has 4 aliphatic heterocycles. The van der Waals surface area contributed by atoms with Crippen molar-refractivity contribution in [2.75, 3.05) is 57.4 Å². The Balaban J connectivity index is 1.25. The minimum atomic E-state index is -0.890. The quantitative estimate of drug-likeness (QED) is 0.336. The van der Waals surface area contributed by atoms with Crippen LogP contribution >= 0.6 is 0 Å². The van der Waals surface area contributed by atoms with Crippen molar-refractivity contribution in [2.45, 2.75) is 49.9 Å². The van der Waals surface area contributed by atoms with Crippen LogP contribution < -0.4 is 15.0 Å². The number of halogens is 3. The molecule has 0 amide bonds. The summed E-state index contributed by atoms with van der Waals surface area (Å²) in [6, 6.07) is 8.71. The third-order valence-corrected chi connectivity index (χ3v) is 10.0. The summed E-state index contributed by atoms with van der Waals surface area (Å²) in [6.45, 7) is 6.55. The SMILES string of the molecule is CCc1c(F)ccc2cccc(-c3ncc4c(N5CCNC6(COC6)C5)nc(OC[C@@]56CCCN5C[C@H](F)C6)nc4c3F)c12. The number of nitrogens with zero attached hydrogens (tertiary/aromatic N) is 5. The van der Waals surface area contributed by atoms with Gasteiger partial charge in [-0.15, -0.1) is 0 Å². The van der Waals surface area contributed by atoms with E-state index in [1.807, 2.05) is 19.1 Å². The minimum absolute atomic E-state index is 0.0581. The van der Waals surface area contributed by atoms with Crippen molar-refractivity contribution in [3.63, 3.8) is 0 Å². The highest BCUT2D eigenvalue weighted by molar-refractivity contribution is 6.00. The van der Waals surface area contributed by atoms with E-state index >= 15 is 4.39 Å². The number of hydrogen-bond acceptors (Lipinski definition) is 8. The number of nitrogens with one attached hydrogen (secondary N) is 1. The van der Waals surface area contributed by atoms with Crippen LogP contribution in [0.5, 0.6) is 6.01 Å². The van der Waals surface area contributed by atoms with E-state index in [0.717, 1.165) is 31.3 Å². The van der Waals surface area contributed by atoms with Crippen molar-refractivity contribution < 1.29 is 22.6 Å². The van der Waals surface area contributed by atoms with Gasteiger partial charge in [0.05, 0.1) is 29.7 Å². The van der Waals surface area contributed by atoms with Crippen molar-refractivity contribution in [3.8, 4) is 17.3 Å². The summed E-state index contributed by atoms with van der Waals surface area (Å²) < 4.78 is 57.9. The molecule has 230 valence electrons. The fourth-order valence-corrected chi connectivity index (χ4v) is 7.81. The lowest BCUT2D eigenvalue weighted by Gasteiger charge is -2.49. The average molecular weight is 605 g/mol. The molecule has 4 aromatic rings. The molecule has 1 spiro atoms. The Bertz CT molecular complexity index is 1770. The molecule has 0 saturated carbocycles. The van der Waals surface area contributed by atoms with Gasteiger partial charge in [0, 0.05) is 44.4 Å². The summed E-state index contributed by atoms with van der Waals surface area (Å²) in [5.74, 6) is -0.397. The zero-order chi connectivity index (χ0) is 30.1. The summed E-state index contributed by atoms with van der Waals surface area (Å²) in [6.07, 6.45) is 3.41. The number of hydrogen-bond donors (Lipinski definition) is 1. The molecule has 2 aromatic carbocycles. The zero-order valence-corrected chi connectivity index (χ0v) is 24.7. The molecule has 1 N–H and O–H groups in total. The fourth-order valence-electron chi connectivity index (χ4n) is 7.81. The van der Waals surface area contributed by atoms with Gasteiger partial charge in [0.2, 0.25) is 0 Å². The standard InChI is InChI=1S/C33H35F3N6O2/c1-2-22-25(35)8-7-20-5-3-6-23(26(20)22)28-27(36)29-24(14-37-28)30(41-12-10-38-32(16-41)17-43-18-32)40-31(39-29)44-19-33-9-4-11-42(33)15-21(34)13-33/h3,5-8,14,21,38H,2,4,9-13,15-19H2,1H3/t21-,33+/m1/s1. The number of alkyl halides is 1. The Kier molecular flexibility index (Phi) is 6.69. The molecule has 6 heterocycles. The second-order valence-corrected chi connectivity index (χ2v) is 12.8. The third-order valence-electron chi connectivity index (χ3n) is 10.0. The van der Waals surface area contributed by atoms with Gasteiger partial charge < -0.3 is 19.7 Å². The van der Waals surface area contributed by atoms with Crippen molar-refractivity contribution in [1.82, 2.24) is 25.2 Å². The summed E-state index contributed by atoms with van der Waals surface area (Å²) in [7, 11) is 0. The maximum absolute atomic E-state index is 16.8. The molecule has 44 heavy (non-hydrogen) atoms. The van der Waals surface area contributed by atoms with E-state index in [2.05, 4.69) is 25.1 Å². The smallest absolute Gasteiger partial charge is 0.319 e. The number of pyridine rings is 1. The van der Waals surface area contributed by atoms with Gasteiger partial charge in [-0.3, -0.25) is 9.88 Å². The Hall–Kier alpha value is -3.54. The first-order chi connectivity index (χ1) is 21.4. The lowest BCUT2D eigenvalue weighted by molar-refractivity contribution is -0.0743. The predicted octanol–water partition coefficient (Wildman–Crippen LogP) is 4.82. The Labute approximate surface area is 253 Å². The molecule has 0 radical (unpaired) electrons. The van der Waals surface area contributed by atoms with Gasteiger partial charge in [0.1, 0.15) is 35.6 Å². The number of rotatable bonds is 6. The van der Waals surface area contributed by atoms with Gasteiger partial charge >= 0.3 is 6.01 Å². The second-order valence-electron chi connectivity index (χ2n) is 12.8. The number of fused-ring (bicyclic) bond motifs is 3. The largest absolute Gasteiger partial charge is 0.461 e. The van der Waals surface area contributed by atoms with Gasteiger partial charge in [-0.2, -0.15) is 9.97 Å². The van der Waals surface area contributed by atoms with E-state index in [4.69, 9.17) is 14.5 Å². The molecule has 2 aromatic heterocycles. The topological polar surface area (TPSA) is 75.6 Å². The summed E-state index contributed by atoms with van der Waals surface area (Å²) in [4.78, 5) is 18.3. The molecular formula is C33H35F3N6O2. The molecule has 4 saturated heterocycles. The molecule has 0 bridgehead atoms. The number of aromatic nitrogens is 3. The van der Waals surface area contributed by atoms with Crippen molar-refractivity contribution >= 4 is 27.5 Å². The van der Waals surface area contributed by atoms with Crippen LogP contribution in [-0.4, -0.2) is 89.6 Å². The summed E-state index contributed by atoms with van der Waals surface area (Å²) in [5.41, 5.74) is 0.633. The normalized spacial score (nSPS) is 24.7. The summed E-state index contributed by atoms with van der Waals surface area (Å²) >= 11 is 0. The number of ether oxygens (including phenoxy) is 2. The van der Waals surface area contributed by atoms with Crippen LogP contribution in [0, 0.1) is 11.6 Å². The second kappa shape index (κ2) is 10.5. The van der Waals surface area contributed by atoms with E-state index in [-0.39, 0.29) is 35.2 Å². The first kappa shape index (κ1) is 28.0. The molecule has 11 heteroatoms. The molecule has 4 fully saturated rings. The van der Waals surface area contributed by atoms with Crippen LogP contribution in [0.15, 0.2) is 36.5 Å². The average Bonchev–Trinajstić information content (AvgIpc) is 3.55. The lowest BCUT2D eigenvalue weighted by atomic mass is 9.94. The van der Waals surface area contributed by atoms with Crippen LogP contribution in [0.25, 0.3) is 32.9 Å². The Morgan fingerprint density at radius 3 is 2.84 bits per heavy atom. The molecule has 8 nitrogen and oxygen atoms in total. The van der Waals surface area contributed by atoms with E-state index in [0.29, 0.717) is 73.4 Å². The molecule has 4 aliphatic rings. The predicted molar refractivity (Wildman–Crippen MR) is 162 cm³/mol. The molecule has 8 rings (SSSR count). The van der Waals surface area contributed by atoms with Crippen LogP contribution in [0.3, 0.4) is 0 Å². The minimum Gasteiger partial charge on any atom is -0.461 e. The Morgan fingerprint density at radius 1 is 1.14 bits per heavy atom. The lowest BCUT2D eigenvalue weighted by Crippen LogP contribution is -2.70. The number of benzene rings is 2. The van der Waals surface area contributed by atoms with E-state index in [1.54, 1.807) is 18.3 Å². The maximum atomic E-state index is 16.8.